The Balaban J connectivity index is 1.46. The second-order valence-electron chi connectivity index (χ2n) is 7.75. The Kier molecular flexibility index (Phi) is 4.26. The van der Waals surface area contributed by atoms with Crippen LogP contribution in [0.2, 0.25) is 0 Å². The largest absolute Gasteiger partial charge is 0.389 e. The number of aromatic nitrogens is 1. The lowest BCUT2D eigenvalue weighted by Crippen LogP contribution is -2.38. The molecule has 150 valence electrons. The summed E-state index contributed by atoms with van der Waals surface area (Å²) >= 11 is 0. The van der Waals surface area contributed by atoms with Gasteiger partial charge in [0.15, 0.2) is 0 Å². The molecule has 0 fully saturated rings. The molecule has 2 heterocycles. The van der Waals surface area contributed by atoms with Crippen molar-refractivity contribution in [2.45, 2.75) is 43.2 Å². The third-order valence-electron chi connectivity index (χ3n) is 5.97. The van der Waals surface area contributed by atoms with Crippen LogP contribution in [0.3, 0.4) is 0 Å². The number of rotatable bonds is 4. The van der Waals surface area contributed by atoms with Crippen molar-refractivity contribution in [3.05, 3.63) is 65.4 Å². The molecule has 0 saturated carbocycles. The number of hydrogen-bond donors (Lipinski definition) is 1. The van der Waals surface area contributed by atoms with Gasteiger partial charge in [-0.15, -0.1) is 0 Å². The molecule has 1 aromatic heterocycles. The maximum atomic E-state index is 12.8. The van der Waals surface area contributed by atoms with Crippen molar-refractivity contribution in [2.24, 2.45) is 0 Å². The van der Waals surface area contributed by atoms with Crippen molar-refractivity contribution in [3.8, 4) is 0 Å². The first-order valence-electron chi connectivity index (χ1n) is 9.91. The summed E-state index contributed by atoms with van der Waals surface area (Å²) in [7, 11) is -3.91. The molecule has 1 aliphatic carbocycles. The van der Waals surface area contributed by atoms with Crippen molar-refractivity contribution in [1.82, 2.24) is 8.87 Å². The average Bonchev–Trinajstić information content (AvgIpc) is 3.14. The fraction of sp³-hybridized carbons (Fsp3) is 0.318. The van der Waals surface area contributed by atoms with Crippen LogP contribution in [-0.2, 0) is 29.4 Å². The lowest BCUT2D eigenvalue weighted by Gasteiger charge is -2.22. The molecule has 6 nitrogen and oxygen atoms in total. The van der Waals surface area contributed by atoms with Crippen LogP contribution < -0.4 is 0 Å². The molecule has 1 unspecified atom stereocenters. The Bertz CT molecular complexity index is 1230. The smallest absolute Gasteiger partial charge is 0.269 e. The van der Waals surface area contributed by atoms with Gasteiger partial charge < -0.3 is 9.67 Å². The molecule has 29 heavy (non-hydrogen) atoms. The highest BCUT2D eigenvalue weighted by atomic mass is 32.2. The van der Waals surface area contributed by atoms with Crippen LogP contribution in [0.1, 0.15) is 34.5 Å². The number of fused-ring (bicyclic) bond motifs is 4. The molecule has 0 radical (unpaired) electrons. The number of carbonyl (C=O) groups excluding carboxylic acids is 1. The number of para-hydroxylation sites is 1. The fourth-order valence-electron chi connectivity index (χ4n) is 4.67. The van der Waals surface area contributed by atoms with Gasteiger partial charge in [0.1, 0.15) is 4.90 Å². The number of benzene rings is 2. The predicted molar refractivity (Wildman–Crippen MR) is 109 cm³/mol. The molecule has 2 aromatic carbocycles. The third-order valence-corrected chi connectivity index (χ3v) is 7.77. The lowest BCUT2D eigenvalue weighted by molar-refractivity contribution is 0.0771. The first kappa shape index (κ1) is 18.4. The Morgan fingerprint density at radius 3 is 2.52 bits per heavy atom. The van der Waals surface area contributed by atoms with E-state index >= 15 is 0 Å². The highest BCUT2D eigenvalue weighted by Crippen LogP contribution is 2.33. The molecule has 3 aromatic rings. The van der Waals surface area contributed by atoms with Crippen LogP contribution in [0.5, 0.6) is 0 Å². The van der Waals surface area contributed by atoms with Crippen LogP contribution in [0, 0.1) is 0 Å². The van der Waals surface area contributed by atoms with E-state index in [2.05, 4.69) is 10.6 Å². The molecule has 0 bridgehead atoms. The zero-order chi connectivity index (χ0) is 20.2. The predicted octanol–water partition coefficient (Wildman–Crippen LogP) is 2.73. The van der Waals surface area contributed by atoms with Crippen molar-refractivity contribution in [1.29, 1.82) is 0 Å². The van der Waals surface area contributed by atoms with Crippen LogP contribution in [0.4, 0.5) is 0 Å². The Hall–Kier alpha value is -2.64. The van der Waals surface area contributed by atoms with Gasteiger partial charge in [-0.25, -0.2) is 12.7 Å². The average molecular weight is 410 g/mol. The number of hydrogen-bond acceptors (Lipinski definition) is 4. The molecule has 1 N–H and O–H groups in total. The normalized spacial score (nSPS) is 18.7. The van der Waals surface area contributed by atoms with Gasteiger partial charge in [-0.2, -0.15) is 0 Å². The molecule has 0 saturated heterocycles. The van der Waals surface area contributed by atoms with Crippen molar-refractivity contribution >= 4 is 26.8 Å². The van der Waals surface area contributed by atoms with E-state index in [0.29, 0.717) is 0 Å². The molecule has 7 heteroatoms. The van der Waals surface area contributed by atoms with Gasteiger partial charge in [0, 0.05) is 16.6 Å². The van der Waals surface area contributed by atoms with E-state index < -0.39 is 22.0 Å². The summed E-state index contributed by atoms with van der Waals surface area (Å²) in [4.78, 5) is 12.6. The number of sulfonamides is 1. The molecule has 1 atom stereocenters. The number of amides is 1. The molecule has 0 spiro atoms. The molecule has 1 aliphatic heterocycles. The molecule has 1 amide bonds. The van der Waals surface area contributed by atoms with Gasteiger partial charge in [0.2, 0.25) is 0 Å². The zero-order valence-corrected chi connectivity index (χ0v) is 16.7. The minimum atomic E-state index is -3.91. The van der Waals surface area contributed by atoms with Crippen LogP contribution in [-0.4, -0.2) is 41.0 Å². The minimum absolute atomic E-state index is 0.0148. The maximum Gasteiger partial charge on any atom is 0.269 e. The number of aryl methyl sites for hydroxylation is 1. The monoisotopic (exact) mass is 410 g/mol. The van der Waals surface area contributed by atoms with E-state index in [1.165, 1.54) is 28.8 Å². The van der Waals surface area contributed by atoms with Crippen molar-refractivity contribution in [3.63, 3.8) is 0 Å². The number of nitrogens with zero attached hydrogens (tertiary/aromatic N) is 2. The zero-order valence-electron chi connectivity index (χ0n) is 15.9. The number of carbonyl (C=O) groups is 1. The van der Waals surface area contributed by atoms with E-state index in [1.54, 1.807) is 12.1 Å². The van der Waals surface area contributed by atoms with Crippen molar-refractivity contribution in [2.75, 3.05) is 6.54 Å². The van der Waals surface area contributed by atoms with Crippen molar-refractivity contribution < 1.29 is 18.3 Å². The third kappa shape index (κ3) is 2.80. The number of aliphatic hydroxyl groups excluding tert-OH is 1. The van der Waals surface area contributed by atoms with Gasteiger partial charge in [-0.1, -0.05) is 30.3 Å². The Morgan fingerprint density at radius 2 is 1.69 bits per heavy atom. The standard InChI is InChI=1S/C22H22N2O4S/c25-15(14-24-22(26)18-9-3-6-12-21(18)29(24,27)28)13-23-19-10-4-1-7-16(19)17-8-2-5-11-20(17)23/h1,3-4,6-7,9-10,12,15,25H,2,5,8,11,13-14H2. The van der Waals surface area contributed by atoms with Gasteiger partial charge in [0.05, 0.1) is 24.8 Å². The summed E-state index contributed by atoms with van der Waals surface area (Å²) in [6.07, 6.45) is 3.23. The molecule has 5 rings (SSSR count). The lowest BCUT2D eigenvalue weighted by atomic mass is 9.95. The summed E-state index contributed by atoms with van der Waals surface area (Å²) in [6, 6.07) is 14.3. The first-order valence-corrected chi connectivity index (χ1v) is 11.4. The first-order chi connectivity index (χ1) is 14.0. The summed E-state index contributed by atoms with van der Waals surface area (Å²) in [5, 5.41) is 12.0. The van der Waals surface area contributed by atoms with Crippen LogP contribution in [0.15, 0.2) is 53.4 Å². The van der Waals surface area contributed by atoms with Crippen LogP contribution in [0.25, 0.3) is 10.9 Å². The molecular weight excluding hydrogens is 388 g/mol. The van der Waals surface area contributed by atoms with Gasteiger partial charge in [-0.3, -0.25) is 4.79 Å². The topological polar surface area (TPSA) is 79.6 Å². The quantitative estimate of drug-likeness (QED) is 0.717. The second kappa shape index (κ2) is 6.71. The summed E-state index contributed by atoms with van der Waals surface area (Å²) < 4.78 is 28.4. The summed E-state index contributed by atoms with van der Waals surface area (Å²) in [5.74, 6) is -0.570. The summed E-state index contributed by atoms with van der Waals surface area (Å²) in [6.45, 7) is 0.00260. The molecule has 2 aliphatic rings. The van der Waals surface area contributed by atoms with Gasteiger partial charge >= 0.3 is 0 Å². The maximum absolute atomic E-state index is 12.8. The second-order valence-corrected chi connectivity index (χ2v) is 9.58. The van der Waals surface area contributed by atoms with Gasteiger partial charge in [-0.05, 0) is 49.4 Å². The SMILES string of the molecule is O=C1c2ccccc2S(=O)(=O)N1CC(O)Cn1c2c(c3ccccc31)CCCC2. The summed E-state index contributed by atoms with van der Waals surface area (Å²) in [5.41, 5.74) is 3.77. The highest BCUT2D eigenvalue weighted by molar-refractivity contribution is 7.90. The highest BCUT2D eigenvalue weighted by Gasteiger charge is 2.41. The van der Waals surface area contributed by atoms with E-state index in [4.69, 9.17) is 0 Å². The molecular formula is C22H22N2O4S. The van der Waals surface area contributed by atoms with Gasteiger partial charge in [0.25, 0.3) is 15.9 Å². The van der Waals surface area contributed by atoms with E-state index in [0.717, 1.165) is 35.5 Å². The number of β-amino-alcohol motifs (C(OH)–C–C–N with tert-alkyl or cyclic N) is 1. The number of aliphatic hydroxyl groups is 1. The van der Waals surface area contributed by atoms with E-state index in [1.807, 2.05) is 18.2 Å². The Morgan fingerprint density at radius 1 is 0.966 bits per heavy atom. The van der Waals surface area contributed by atoms with E-state index in [9.17, 15) is 18.3 Å². The Labute approximate surface area is 169 Å². The van der Waals surface area contributed by atoms with Crippen LogP contribution >= 0.6 is 0 Å². The van der Waals surface area contributed by atoms with E-state index in [-0.39, 0.29) is 23.5 Å². The minimum Gasteiger partial charge on any atom is -0.389 e. The fourth-order valence-corrected chi connectivity index (χ4v) is 6.27.